The first-order valence-electron chi connectivity index (χ1n) is 16.7. The summed E-state index contributed by atoms with van der Waals surface area (Å²) in [5.41, 5.74) is 17.3. The van der Waals surface area contributed by atoms with Gasteiger partial charge in [0.25, 0.3) is 0 Å². The molecule has 2 heteroatoms. The van der Waals surface area contributed by atoms with Gasteiger partial charge in [0.2, 0.25) is 0 Å². The van der Waals surface area contributed by atoms with E-state index in [-0.39, 0.29) is 0 Å². The highest BCUT2D eigenvalue weighted by Crippen LogP contribution is 2.54. The summed E-state index contributed by atoms with van der Waals surface area (Å²) in [5.74, 6) is 1.76. The monoisotopic (exact) mass is 570 g/mol. The van der Waals surface area contributed by atoms with Crippen molar-refractivity contribution >= 4 is 22.7 Å². The number of nitrogens with zero attached hydrogens (tertiary/aromatic N) is 2. The van der Waals surface area contributed by atoms with Crippen LogP contribution in [0, 0.1) is 0 Å². The smallest absolute Gasteiger partial charge is 0.100 e. The molecule has 4 aromatic carbocycles. The third kappa shape index (κ3) is 5.39. The van der Waals surface area contributed by atoms with E-state index < -0.39 is 0 Å². The molecule has 43 heavy (non-hydrogen) atoms. The lowest BCUT2D eigenvalue weighted by molar-refractivity contribution is 0.804. The van der Waals surface area contributed by atoms with Crippen LogP contribution in [0.4, 0.5) is 22.7 Å². The Morgan fingerprint density at radius 1 is 0.395 bits per heavy atom. The fourth-order valence-corrected chi connectivity index (χ4v) is 7.39. The Bertz CT molecular complexity index is 1430. The predicted molar refractivity (Wildman–Crippen MR) is 186 cm³/mol. The van der Waals surface area contributed by atoms with E-state index >= 15 is 0 Å². The van der Waals surface area contributed by atoms with Gasteiger partial charge in [0, 0.05) is 11.4 Å². The van der Waals surface area contributed by atoms with Crippen LogP contribution in [0.5, 0.6) is 0 Å². The van der Waals surface area contributed by atoms with Crippen LogP contribution in [-0.4, -0.2) is 6.67 Å². The van der Waals surface area contributed by atoms with E-state index in [4.69, 9.17) is 0 Å². The minimum absolute atomic E-state index is 0.440. The molecule has 0 unspecified atom stereocenters. The molecule has 9 rings (SSSR count). The minimum atomic E-state index is 0.440. The molecule has 0 amide bonds. The third-order valence-electron chi connectivity index (χ3n) is 9.75. The normalized spacial score (nSPS) is 14.8. The van der Waals surface area contributed by atoms with Crippen LogP contribution in [0.1, 0.15) is 124 Å². The molecule has 4 bridgehead atoms. The topological polar surface area (TPSA) is 6.48 Å². The number of benzene rings is 4. The van der Waals surface area contributed by atoms with Gasteiger partial charge in [-0.25, -0.2) is 0 Å². The zero-order valence-corrected chi connectivity index (χ0v) is 27.7. The van der Waals surface area contributed by atoms with Crippen LogP contribution in [0.2, 0.25) is 0 Å². The summed E-state index contributed by atoms with van der Waals surface area (Å²) in [6, 6.07) is 28.4. The maximum Gasteiger partial charge on any atom is 0.100 e. The van der Waals surface area contributed by atoms with Crippen LogP contribution in [0.3, 0.4) is 0 Å². The Balaban J connectivity index is 1.67. The average molecular weight is 571 g/mol. The zero-order valence-electron chi connectivity index (χ0n) is 27.7. The molecule has 0 radical (unpaired) electrons. The van der Waals surface area contributed by atoms with Gasteiger partial charge < -0.3 is 9.80 Å². The Labute approximate surface area is 260 Å². The van der Waals surface area contributed by atoms with E-state index in [2.05, 4.69) is 138 Å². The fourth-order valence-electron chi connectivity index (χ4n) is 7.39. The van der Waals surface area contributed by atoms with Crippen LogP contribution in [-0.2, 0) is 25.7 Å². The summed E-state index contributed by atoms with van der Waals surface area (Å²) in [4.78, 5) is 5.46. The highest BCUT2D eigenvalue weighted by molar-refractivity contribution is 5.94. The van der Waals surface area contributed by atoms with Crippen molar-refractivity contribution in [1.82, 2.24) is 0 Å². The van der Waals surface area contributed by atoms with Crippen LogP contribution in [0.25, 0.3) is 0 Å². The van der Waals surface area contributed by atoms with Crippen molar-refractivity contribution in [3.8, 4) is 0 Å². The molecular formula is C41H50N2. The van der Waals surface area contributed by atoms with Crippen molar-refractivity contribution < 1.29 is 0 Å². The molecule has 0 fully saturated rings. The molecule has 5 aliphatic rings. The van der Waals surface area contributed by atoms with Crippen LogP contribution >= 0.6 is 0 Å². The Morgan fingerprint density at radius 3 is 1.02 bits per heavy atom. The molecule has 0 spiro atoms. The summed E-state index contributed by atoms with van der Waals surface area (Å²) in [6.45, 7) is 19.7. The quantitative estimate of drug-likeness (QED) is 0.227. The number of aryl methyl sites for hydroxylation is 4. The molecule has 0 atom stereocenters. The molecular weight excluding hydrogens is 520 g/mol. The number of hydrogen-bond donors (Lipinski definition) is 0. The Morgan fingerprint density at radius 2 is 0.721 bits per heavy atom. The maximum absolute atomic E-state index is 2.73. The fraction of sp³-hybridized carbons (Fsp3) is 0.415. The van der Waals surface area contributed by atoms with Gasteiger partial charge in [0.15, 0.2) is 0 Å². The Hall–Kier alpha value is -3.52. The third-order valence-corrected chi connectivity index (χ3v) is 9.75. The first-order chi connectivity index (χ1) is 20.7. The largest absolute Gasteiger partial charge is 0.320 e. The average Bonchev–Trinajstić information content (AvgIpc) is 3.38. The van der Waals surface area contributed by atoms with E-state index in [9.17, 15) is 0 Å². The second-order valence-electron chi connectivity index (χ2n) is 14.1. The molecule has 0 saturated carbocycles. The molecule has 0 saturated heterocycles. The number of hydrogen-bond acceptors (Lipinski definition) is 2. The zero-order chi connectivity index (χ0) is 30.4. The van der Waals surface area contributed by atoms with Crippen LogP contribution < -0.4 is 9.80 Å². The van der Waals surface area contributed by atoms with E-state index in [0.717, 1.165) is 32.4 Å². The SMILES string of the molecule is CC(C)c1cccc(C(C)C)c1N1CN(c2c(C(C)C)cccc2C(C)C)c2c3ccc(c21)CCc1ccc(cc1)CC3. The lowest BCUT2D eigenvalue weighted by Crippen LogP contribution is -2.28. The number of para-hydroxylation sites is 2. The van der Waals surface area contributed by atoms with Gasteiger partial charge in [-0.05, 0) is 93.9 Å². The highest BCUT2D eigenvalue weighted by atomic mass is 15.4. The Kier molecular flexibility index (Phi) is 8.16. The van der Waals surface area contributed by atoms with E-state index in [0.29, 0.717) is 23.7 Å². The van der Waals surface area contributed by atoms with Crippen molar-refractivity contribution in [3.63, 3.8) is 0 Å². The highest BCUT2D eigenvalue weighted by Gasteiger charge is 2.37. The molecule has 1 aliphatic heterocycles. The van der Waals surface area contributed by atoms with Gasteiger partial charge in [-0.3, -0.25) is 0 Å². The van der Waals surface area contributed by atoms with Gasteiger partial charge in [-0.1, -0.05) is 128 Å². The summed E-state index contributed by atoms with van der Waals surface area (Å²) in [5, 5.41) is 0. The van der Waals surface area contributed by atoms with Crippen molar-refractivity contribution in [2.75, 3.05) is 16.5 Å². The molecule has 0 aromatic heterocycles. The molecule has 4 aliphatic carbocycles. The van der Waals surface area contributed by atoms with Gasteiger partial charge in [0.1, 0.15) is 6.67 Å². The summed E-state index contributed by atoms with van der Waals surface area (Å²) in [7, 11) is 0. The lowest BCUT2D eigenvalue weighted by atomic mass is 9.90. The van der Waals surface area contributed by atoms with Crippen molar-refractivity contribution in [2.45, 2.75) is 105 Å². The van der Waals surface area contributed by atoms with Gasteiger partial charge >= 0.3 is 0 Å². The van der Waals surface area contributed by atoms with Crippen molar-refractivity contribution in [1.29, 1.82) is 0 Å². The molecule has 1 heterocycles. The molecule has 224 valence electrons. The maximum atomic E-state index is 2.73. The van der Waals surface area contributed by atoms with Gasteiger partial charge in [0.05, 0.1) is 11.4 Å². The number of rotatable bonds is 6. The second-order valence-corrected chi connectivity index (χ2v) is 14.1. The first kappa shape index (κ1) is 29.5. The van der Waals surface area contributed by atoms with E-state index in [1.807, 2.05) is 0 Å². The van der Waals surface area contributed by atoms with Gasteiger partial charge in [-0.2, -0.15) is 0 Å². The minimum Gasteiger partial charge on any atom is -0.320 e. The summed E-state index contributed by atoms with van der Waals surface area (Å²) in [6.07, 6.45) is 4.19. The summed E-state index contributed by atoms with van der Waals surface area (Å²) >= 11 is 0. The van der Waals surface area contributed by atoms with Gasteiger partial charge in [-0.15, -0.1) is 0 Å². The van der Waals surface area contributed by atoms with E-state index in [1.54, 1.807) is 0 Å². The van der Waals surface area contributed by atoms with Crippen molar-refractivity contribution in [2.24, 2.45) is 0 Å². The lowest BCUT2D eigenvalue weighted by Gasteiger charge is -2.31. The molecule has 0 N–H and O–H groups in total. The number of anilines is 4. The first-order valence-corrected chi connectivity index (χ1v) is 16.7. The second kappa shape index (κ2) is 11.9. The predicted octanol–water partition coefficient (Wildman–Crippen LogP) is 11.3. The standard InChI is InChI=1S/C41H50N2/c1-26(2)34-11-9-12-35(27(3)4)40(34)42-25-43(41-36(28(5)6)13-10-14-37(41)29(7)8)39-33-22-20-31-17-15-30(16-18-31)19-21-32(23-24-33)38(39)42/h9-18,23-24,26-29H,19-22,25H2,1-8H3. The van der Waals surface area contributed by atoms with E-state index in [1.165, 1.54) is 67.3 Å². The van der Waals surface area contributed by atoms with Crippen molar-refractivity contribution in [3.05, 3.63) is 117 Å². The molecule has 2 nitrogen and oxygen atoms in total. The van der Waals surface area contributed by atoms with Crippen LogP contribution in [0.15, 0.2) is 72.8 Å². The molecule has 4 aromatic rings. The summed E-state index contributed by atoms with van der Waals surface area (Å²) < 4.78 is 0.